The lowest BCUT2D eigenvalue weighted by Crippen LogP contribution is -2.54. The van der Waals surface area contributed by atoms with Crippen LogP contribution in [-0.4, -0.2) is 94.9 Å². The van der Waals surface area contributed by atoms with Gasteiger partial charge in [-0.2, -0.15) is 0 Å². The fourth-order valence-electron chi connectivity index (χ4n) is 8.64. The molecule has 11 heteroatoms. The number of benzene rings is 1. The molecule has 0 radical (unpaired) electrons. The Morgan fingerprint density at radius 1 is 0.981 bits per heavy atom. The van der Waals surface area contributed by atoms with E-state index in [0.29, 0.717) is 73.0 Å². The summed E-state index contributed by atoms with van der Waals surface area (Å²) in [5.74, 6) is 1.70. The number of hydrogen-bond acceptors (Lipinski definition) is 9. The van der Waals surface area contributed by atoms with Crippen molar-refractivity contribution in [2.24, 2.45) is 11.8 Å². The number of aryl methyl sites for hydroxylation is 1. The van der Waals surface area contributed by atoms with Crippen LogP contribution in [0, 0.1) is 11.8 Å². The first-order valence-corrected chi connectivity index (χ1v) is 19.2. The van der Waals surface area contributed by atoms with Crippen molar-refractivity contribution in [2.75, 3.05) is 66.5 Å². The number of piperidine rings is 2. The molecular weight excluding hydrogens is 660 g/mol. The second-order valence-corrected chi connectivity index (χ2v) is 14.7. The van der Waals surface area contributed by atoms with E-state index >= 15 is 0 Å². The van der Waals surface area contributed by atoms with Crippen LogP contribution in [0.2, 0.25) is 0 Å². The lowest BCUT2D eigenvalue weighted by atomic mass is 9.83. The summed E-state index contributed by atoms with van der Waals surface area (Å²) in [4.78, 5) is 46.1. The first-order valence-electron chi connectivity index (χ1n) is 19.2. The van der Waals surface area contributed by atoms with E-state index in [2.05, 4.69) is 29.4 Å². The molecule has 2 aromatic carbocycles. The summed E-state index contributed by atoms with van der Waals surface area (Å²) < 4.78 is 22.8. The smallest absolute Gasteiger partial charge is 0.245 e. The van der Waals surface area contributed by atoms with Crippen molar-refractivity contribution in [3.63, 3.8) is 0 Å². The maximum Gasteiger partial charge on any atom is 0.245 e. The number of nitrogens with one attached hydrogen (secondary N) is 2. The molecule has 2 saturated heterocycles. The fourth-order valence-corrected chi connectivity index (χ4v) is 8.64. The quantitative estimate of drug-likeness (QED) is 0.220. The third kappa shape index (κ3) is 8.68. The maximum absolute atomic E-state index is 14.7. The number of methoxy groups -OCH3 is 4. The Morgan fingerprint density at radius 3 is 2.44 bits per heavy atom. The number of fused-ring (bicyclic) bond motifs is 4. The van der Waals surface area contributed by atoms with Crippen LogP contribution in [0.3, 0.4) is 0 Å². The van der Waals surface area contributed by atoms with E-state index in [1.54, 1.807) is 40.6 Å². The molecule has 0 spiro atoms. The molecule has 2 fully saturated rings. The Bertz CT molecular complexity index is 1610. The second-order valence-electron chi connectivity index (χ2n) is 14.7. The molecular formula is C41H60N4O7. The third-order valence-electron chi connectivity index (χ3n) is 11.5. The summed E-state index contributed by atoms with van der Waals surface area (Å²) in [7, 11) is 6.43. The molecule has 2 aromatic rings. The van der Waals surface area contributed by atoms with Crippen LogP contribution < -0.4 is 30.3 Å². The molecule has 0 unspecified atom stereocenters. The molecule has 0 aromatic heterocycles. The van der Waals surface area contributed by atoms with E-state index in [1.165, 1.54) is 26.2 Å². The normalized spacial score (nSPS) is 20.9. The summed E-state index contributed by atoms with van der Waals surface area (Å²) in [5.41, 5.74) is 3.25. The molecule has 52 heavy (non-hydrogen) atoms. The van der Waals surface area contributed by atoms with E-state index in [4.69, 9.17) is 18.9 Å². The maximum atomic E-state index is 14.7. The highest BCUT2D eigenvalue weighted by molar-refractivity contribution is 5.86. The Labute approximate surface area is 309 Å². The van der Waals surface area contributed by atoms with Gasteiger partial charge in [-0.3, -0.25) is 14.4 Å². The number of carbonyl (C=O) groups excluding carboxylic acids is 2. The minimum absolute atomic E-state index is 0.0193. The summed E-state index contributed by atoms with van der Waals surface area (Å²) in [6.07, 6.45) is 8.64. The molecule has 286 valence electrons. The van der Waals surface area contributed by atoms with Crippen LogP contribution in [0.25, 0.3) is 11.1 Å². The van der Waals surface area contributed by atoms with E-state index in [0.717, 1.165) is 55.5 Å². The van der Waals surface area contributed by atoms with Crippen LogP contribution >= 0.6 is 0 Å². The van der Waals surface area contributed by atoms with E-state index in [-0.39, 0.29) is 23.2 Å². The predicted octanol–water partition coefficient (Wildman–Crippen LogP) is 5.82. The van der Waals surface area contributed by atoms with Gasteiger partial charge in [0, 0.05) is 45.3 Å². The van der Waals surface area contributed by atoms with Gasteiger partial charge in [-0.15, -0.1) is 0 Å². The van der Waals surface area contributed by atoms with Gasteiger partial charge in [0.1, 0.15) is 6.04 Å². The van der Waals surface area contributed by atoms with Crippen molar-refractivity contribution >= 4 is 17.5 Å². The molecule has 2 aliphatic heterocycles. The molecule has 0 bridgehead atoms. The molecule has 0 saturated carbocycles. The molecule has 1 aliphatic carbocycles. The topological polar surface area (TPSA) is 119 Å². The Hall–Kier alpha value is -3.83. The van der Waals surface area contributed by atoms with Crippen LogP contribution in [0.4, 0.5) is 5.69 Å². The molecule has 5 atom stereocenters. The highest BCUT2D eigenvalue weighted by Gasteiger charge is 2.37. The Morgan fingerprint density at radius 2 is 1.75 bits per heavy atom. The summed E-state index contributed by atoms with van der Waals surface area (Å²) in [6, 6.07) is 6.71. The highest BCUT2D eigenvalue weighted by Crippen LogP contribution is 2.50. The summed E-state index contributed by atoms with van der Waals surface area (Å²) >= 11 is 0. The van der Waals surface area contributed by atoms with Gasteiger partial charge in [-0.1, -0.05) is 32.8 Å². The fraction of sp³-hybridized carbons (Fsp3) is 0.634. The van der Waals surface area contributed by atoms with E-state index < -0.39 is 12.1 Å². The zero-order valence-electron chi connectivity index (χ0n) is 32.3. The monoisotopic (exact) mass is 720 g/mol. The largest absolute Gasteiger partial charge is 0.493 e. The third-order valence-corrected chi connectivity index (χ3v) is 11.5. The van der Waals surface area contributed by atoms with Crippen molar-refractivity contribution in [1.82, 2.24) is 15.1 Å². The first-order chi connectivity index (χ1) is 25.1. The zero-order chi connectivity index (χ0) is 37.4. The van der Waals surface area contributed by atoms with Crippen molar-refractivity contribution in [3.8, 4) is 28.4 Å². The van der Waals surface area contributed by atoms with Gasteiger partial charge >= 0.3 is 0 Å². The molecule has 3 aliphatic rings. The van der Waals surface area contributed by atoms with Crippen molar-refractivity contribution in [1.29, 1.82) is 0 Å². The summed E-state index contributed by atoms with van der Waals surface area (Å²) in [5, 5.41) is 6.54. The standard InChI is InChI=1S/C41H60N4O7/c1-8-26(2)38(41(48)45(21-12-22-49-4)25-29-13-11-20-44-19-10-9-14-34(29)44)43-33-18-16-30-31(24-35(33)47)32(42-27(3)46)17-15-28-23-36(50-5)39(51-6)40(52-7)37(28)30/h16,18,23-24,26,29,32,34,38H,8-15,17,19-22,25H2,1-7H3,(H,42,46)(H,43,47)/t26-,29+,32+,34-,38+/m1/s1. The second kappa shape index (κ2) is 18.3. The SMILES string of the molecule is CC[C@@H](C)[C@H](Nc1ccc2c(cc1=O)[C@@H](NC(C)=O)CCc1cc(OC)c(OC)c(OC)c1-2)C(=O)N(CCCOC)C[C@@H]1CCCN2CCCC[C@H]12. The first kappa shape index (κ1) is 39.4. The molecule has 2 amide bonds. The van der Waals surface area contributed by atoms with Crippen LogP contribution in [-0.2, 0) is 20.7 Å². The van der Waals surface area contributed by atoms with Gasteiger partial charge < -0.3 is 39.4 Å². The van der Waals surface area contributed by atoms with E-state index in [9.17, 15) is 14.4 Å². The van der Waals surface area contributed by atoms with Gasteiger partial charge in [-0.25, -0.2) is 0 Å². The minimum atomic E-state index is -0.606. The van der Waals surface area contributed by atoms with Crippen molar-refractivity contribution < 1.29 is 28.5 Å². The van der Waals surface area contributed by atoms with Crippen molar-refractivity contribution in [2.45, 2.75) is 96.7 Å². The zero-order valence-corrected chi connectivity index (χ0v) is 32.3. The van der Waals surface area contributed by atoms with Crippen molar-refractivity contribution in [3.05, 3.63) is 45.6 Å². The minimum Gasteiger partial charge on any atom is -0.493 e. The number of ether oxygens (including phenoxy) is 4. The van der Waals surface area contributed by atoms with Crippen LogP contribution in [0.1, 0.15) is 89.3 Å². The average Bonchev–Trinajstić information content (AvgIpc) is 3.39. The lowest BCUT2D eigenvalue weighted by molar-refractivity contribution is -0.134. The number of anilines is 1. The Balaban J connectivity index is 1.55. The predicted molar refractivity (Wildman–Crippen MR) is 205 cm³/mol. The van der Waals surface area contributed by atoms with Crippen LogP contribution in [0.15, 0.2) is 29.1 Å². The van der Waals surface area contributed by atoms with Gasteiger partial charge in [0.05, 0.1) is 33.1 Å². The lowest BCUT2D eigenvalue weighted by Gasteiger charge is -2.46. The molecule has 2 heterocycles. The highest BCUT2D eigenvalue weighted by atomic mass is 16.5. The van der Waals surface area contributed by atoms with Crippen LogP contribution in [0.5, 0.6) is 17.2 Å². The molecule has 11 nitrogen and oxygen atoms in total. The average molecular weight is 721 g/mol. The van der Waals surface area contributed by atoms with E-state index in [1.807, 2.05) is 17.0 Å². The van der Waals surface area contributed by atoms with Gasteiger partial charge in [0.15, 0.2) is 11.5 Å². The van der Waals surface area contributed by atoms with Gasteiger partial charge in [0.25, 0.3) is 0 Å². The number of rotatable bonds is 15. The summed E-state index contributed by atoms with van der Waals surface area (Å²) in [6.45, 7) is 9.82. The Kier molecular flexibility index (Phi) is 13.8. The number of hydrogen-bond donors (Lipinski definition) is 2. The number of carbonyl (C=O) groups is 2. The number of amides is 2. The molecule has 2 N–H and O–H groups in total. The van der Waals surface area contributed by atoms with Gasteiger partial charge in [0.2, 0.25) is 23.0 Å². The molecule has 5 rings (SSSR count). The number of nitrogens with zero attached hydrogens (tertiary/aromatic N) is 2. The van der Waals surface area contributed by atoms with Gasteiger partial charge in [-0.05, 0) is 105 Å².